The van der Waals surface area contributed by atoms with Gasteiger partial charge in [0.2, 0.25) is 0 Å². The van der Waals surface area contributed by atoms with Crippen molar-refractivity contribution in [2.45, 2.75) is 38.5 Å². The van der Waals surface area contributed by atoms with Crippen LogP contribution in [0.2, 0.25) is 0 Å². The molecule has 0 bridgehead atoms. The molecule has 1 aromatic rings. The Kier molecular flexibility index (Phi) is 9.21. The van der Waals surface area contributed by atoms with E-state index in [9.17, 15) is 9.59 Å². The van der Waals surface area contributed by atoms with Crippen molar-refractivity contribution >= 4 is 17.5 Å². The highest BCUT2D eigenvalue weighted by Gasteiger charge is 2.17. The zero-order valence-corrected chi connectivity index (χ0v) is 18.7. The van der Waals surface area contributed by atoms with E-state index >= 15 is 0 Å². The lowest BCUT2D eigenvalue weighted by Crippen LogP contribution is -2.47. The molecule has 1 aliphatic heterocycles. The molecule has 2 amide bonds. The number of carbonyl (C=O) groups is 2. The predicted octanol–water partition coefficient (Wildman–Crippen LogP) is 2.33. The minimum atomic E-state index is -0.526. The standard InChI is InChI=1S/C24H36N4O3/c1-31-22-10-8-21(9-11-22)28-18-16-27(17-19-28)15-5-13-25-23(29)24(30)26-14-12-20-6-3-2-4-7-20/h6,8-11H,2-5,7,12-19H2,1H3,(H,25,29)(H,26,30). The van der Waals surface area contributed by atoms with Gasteiger partial charge in [0.25, 0.3) is 0 Å². The van der Waals surface area contributed by atoms with Crippen LogP contribution in [0.3, 0.4) is 0 Å². The molecule has 1 aliphatic carbocycles. The van der Waals surface area contributed by atoms with Crippen LogP contribution in [0.4, 0.5) is 5.69 Å². The van der Waals surface area contributed by atoms with E-state index in [2.05, 4.69) is 38.6 Å². The Morgan fingerprint density at radius 2 is 1.68 bits per heavy atom. The second kappa shape index (κ2) is 12.3. The van der Waals surface area contributed by atoms with Gasteiger partial charge in [-0.25, -0.2) is 0 Å². The van der Waals surface area contributed by atoms with E-state index < -0.39 is 11.8 Å². The van der Waals surface area contributed by atoms with Gasteiger partial charge in [0.1, 0.15) is 5.75 Å². The number of rotatable bonds is 9. The summed E-state index contributed by atoms with van der Waals surface area (Å²) in [5.74, 6) is -0.175. The molecular formula is C24H36N4O3. The van der Waals surface area contributed by atoms with E-state index in [1.54, 1.807) is 7.11 Å². The molecule has 2 aliphatic rings. The number of benzene rings is 1. The maximum absolute atomic E-state index is 12.0. The van der Waals surface area contributed by atoms with Gasteiger partial charge in [-0.3, -0.25) is 14.5 Å². The molecule has 2 N–H and O–H groups in total. The summed E-state index contributed by atoms with van der Waals surface area (Å²) in [7, 11) is 1.68. The van der Waals surface area contributed by atoms with E-state index in [0.717, 1.165) is 64.2 Å². The third kappa shape index (κ3) is 7.58. The third-order valence-electron chi connectivity index (χ3n) is 6.07. The summed E-state index contributed by atoms with van der Waals surface area (Å²) in [6, 6.07) is 8.18. The van der Waals surface area contributed by atoms with Gasteiger partial charge in [0.05, 0.1) is 7.11 Å². The van der Waals surface area contributed by atoms with Gasteiger partial charge in [-0.15, -0.1) is 0 Å². The molecule has 170 valence electrons. The molecule has 1 aromatic carbocycles. The number of hydrogen-bond donors (Lipinski definition) is 2. The van der Waals surface area contributed by atoms with E-state index in [1.807, 2.05) is 12.1 Å². The second-order valence-corrected chi connectivity index (χ2v) is 8.25. The van der Waals surface area contributed by atoms with Crippen molar-refractivity contribution in [3.63, 3.8) is 0 Å². The molecule has 0 aromatic heterocycles. The van der Waals surface area contributed by atoms with Crippen LogP contribution >= 0.6 is 0 Å². The average molecular weight is 429 g/mol. The lowest BCUT2D eigenvalue weighted by molar-refractivity contribution is -0.139. The first-order chi connectivity index (χ1) is 15.2. The molecule has 0 atom stereocenters. The second-order valence-electron chi connectivity index (χ2n) is 8.25. The van der Waals surface area contributed by atoms with Gasteiger partial charge in [-0.05, 0) is 69.3 Å². The van der Waals surface area contributed by atoms with Crippen molar-refractivity contribution in [1.29, 1.82) is 0 Å². The van der Waals surface area contributed by atoms with Crippen LogP contribution in [-0.2, 0) is 9.59 Å². The van der Waals surface area contributed by atoms with Crippen molar-refractivity contribution in [1.82, 2.24) is 15.5 Å². The minimum Gasteiger partial charge on any atom is -0.497 e. The zero-order valence-electron chi connectivity index (χ0n) is 18.7. The highest BCUT2D eigenvalue weighted by atomic mass is 16.5. The van der Waals surface area contributed by atoms with Crippen molar-refractivity contribution in [3.05, 3.63) is 35.9 Å². The first kappa shape index (κ1) is 23.1. The molecule has 0 spiro atoms. The Labute approximate surface area is 185 Å². The highest BCUT2D eigenvalue weighted by molar-refractivity contribution is 6.35. The molecule has 1 fully saturated rings. The summed E-state index contributed by atoms with van der Waals surface area (Å²) in [5.41, 5.74) is 2.62. The average Bonchev–Trinajstić information content (AvgIpc) is 2.83. The van der Waals surface area contributed by atoms with E-state index in [1.165, 1.54) is 24.1 Å². The summed E-state index contributed by atoms with van der Waals surface area (Å²) in [5, 5.41) is 5.47. The number of amides is 2. The molecular weight excluding hydrogens is 392 g/mol. The van der Waals surface area contributed by atoms with Crippen LogP contribution in [0.5, 0.6) is 5.75 Å². The molecule has 0 unspecified atom stereocenters. The Bertz CT molecular complexity index is 740. The monoisotopic (exact) mass is 428 g/mol. The smallest absolute Gasteiger partial charge is 0.309 e. The number of hydrogen-bond acceptors (Lipinski definition) is 5. The SMILES string of the molecule is COc1ccc(N2CCN(CCCNC(=O)C(=O)NCCC3=CCCCC3)CC2)cc1. The van der Waals surface area contributed by atoms with Gasteiger partial charge in [0.15, 0.2) is 0 Å². The van der Waals surface area contributed by atoms with Crippen LogP contribution in [0.15, 0.2) is 35.9 Å². The van der Waals surface area contributed by atoms with Crippen molar-refractivity contribution in [2.75, 3.05) is 57.8 Å². The molecule has 0 saturated carbocycles. The maximum Gasteiger partial charge on any atom is 0.309 e. The molecule has 1 saturated heterocycles. The van der Waals surface area contributed by atoms with Crippen molar-refractivity contribution < 1.29 is 14.3 Å². The van der Waals surface area contributed by atoms with E-state index in [0.29, 0.717) is 13.1 Å². The highest BCUT2D eigenvalue weighted by Crippen LogP contribution is 2.21. The summed E-state index contributed by atoms with van der Waals surface area (Å²) in [6.45, 7) is 5.95. The van der Waals surface area contributed by atoms with Gasteiger partial charge in [0, 0.05) is 45.0 Å². The molecule has 31 heavy (non-hydrogen) atoms. The Balaban J connectivity index is 1.24. The van der Waals surface area contributed by atoms with E-state index in [-0.39, 0.29) is 0 Å². The Morgan fingerprint density at radius 3 is 2.32 bits per heavy atom. The van der Waals surface area contributed by atoms with Gasteiger partial charge < -0.3 is 20.3 Å². The lowest BCUT2D eigenvalue weighted by atomic mass is 9.97. The summed E-state index contributed by atoms with van der Waals surface area (Å²) < 4.78 is 5.22. The van der Waals surface area contributed by atoms with Gasteiger partial charge in [-0.2, -0.15) is 0 Å². The topological polar surface area (TPSA) is 73.9 Å². The molecule has 1 heterocycles. The molecule has 0 radical (unpaired) electrons. The summed E-state index contributed by atoms with van der Waals surface area (Å²) in [6.07, 6.45) is 8.71. The Morgan fingerprint density at radius 1 is 0.968 bits per heavy atom. The molecule has 7 nitrogen and oxygen atoms in total. The quantitative estimate of drug-likeness (QED) is 0.359. The largest absolute Gasteiger partial charge is 0.497 e. The zero-order chi connectivity index (χ0) is 21.9. The van der Waals surface area contributed by atoms with Crippen LogP contribution in [-0.4, -0.2) is 69.6 Å². The number of carbonyl (C=O) groups excluding carboxylic acids is 2. The van der Waals surface area contributed by atoms with Crippen molar-refractivity contribution in [2.24, 2.45) is 0 Å². The van der Waals surface area contributed by atoms with Crippen molar-refractivity contribution in [3.8, 4) is 5.75 Å². The minimum absolute atomic E-state index is 0.524. The maximum atomic E-state index is 12.0. The number of anilines is 1. The number of ether oxygens (including phenoxy) is 1. The first-order valence-electron chi connectivity index (χ1n) is 11.5. The number of allylic oxidation sites excluding steroid dienone is 1. The number of nitrogens with zero attached hydrogens (tertiary/aromatic N) is 2. The summed E-state index contributed by atoms with van der Waals surface area (Å²) >= 11 is 0. The fraction of sp³-hybridized carbons (Fsp3) is 0.583. The number of piperazine rings is 1. The van der Waals surface area contributed by atoms with Crippen LogP contribution in [0.1, 0.15) is 38.5 Å². The van der Waals surface area contributed by atoms with Gasteiger partial charge >= 0.3 is 11.8 Å². The van der Waals surface area contributed by atoms with Crippen LogP contribution in [0.25, 0.3) is 0 Å². The first-order valence-corrected chi connectivity index (χ1v) is 11.5. The predicted molar refractivity (Wildman–Crippen MR) is 123 cm³/mol. The molecule has 3 rings (SSSR count). The summed E-state index contributed by atoms with van der Waals surface area (Å²) in [4.78, 5) is 28.7. The fourth-order valence-corrected chi connectivity index (χ4v) is 4.16. The van der Waals surface area contributed by atoms with Crippen LogP contribution in [0, 0.1) is 0 Å². The Hall–Kier alpha value is -2.54. The van der Waals surface area contributed by atoms with Crippen LogP contribution < -0.4 is 20.3 Å². The third-order valence-corrected chi connectivity index (χ3v) is 6.07. The fourth-order valence-electron chi connectivity index (χ4n) is 4.16. The van der Waals surface area contributed by atoms with Gasteiger partial charge in [-0.1, -0.05) is 11.6 Å². The molecule has 7 heteroatoms. The van der Waals surface area contributed by atoms with E-state index in [4.69, 9.17) is 4.74 Å². The lowest BCUT2D eigenvalue weighted by Gasteiger charge is -2.36. The number of methoxy groups -OCH3 is 1. The number of nitrogens with one attached hydrogen (secondary N) is 2. The normalized spacial score (nSPS) is 17.1.